The lowest BCUT2D eigenvalue weighted by Gasteiger charge is -2.17. The first-order chi connectivity index (χ1) is 16.0. The summed E-state index contributed by atoms with van der Waals surface area (Å²) in [6, 6.07) is 20.3. The monoisotopic (exact) mass is 442 g/mol. The molecule has 0 aromatic heterocycles. The first-order valence-corrected chi connectivity index (χ1v) is 10.8. The van der Waals surface area contributed by atoms with Crippen LogP contribution in [0.3, 0.4) is 0 Å². The minimum Gasteiger partial charge on any atom is -0.493 e. The highest BCUT2D eigenvalue weighted by Crippen LogP contribution is 2.38. The number of carbonyl (C=O) groups excluding carboxylic acids is 2. The van der Waals surface area contributed by atoms with E-state index in [0.717, 1.165) is 17.7 Å². The molecule has 0 saturated heterocycles. The van der Waals surface area contributed by atoms with Gasteiger partial charge in [-0.25, -0.2) is 4.90 Å². The van der Waals surface area contributed by atoms with E-state index in [2.05, 4.69) is 12.2 Å². The number of nitrogens with one attached hydrogen (secondary N) is 1. The molecule has 3 aromatic carbocycles. The molecule has 1 N–H and O–H groups in total. The van der Waals surface area contributed by atoms with E-state index in [-0.39, 0.29) is 11.3 Å². The third-order valence-electron chi connectivity index (χ3n) is 5.74. The fourth-order valence-electron chi connectivity index (χ4n) is 3.91. The van der Waals surface area contributed by atoms with Gasteiger partial charge in [0.2, 0.25) is 0 Å². The highest BCUT2D eigenvalue weighted by molar-refractivity contribution is 6.46. The minimum atomic E-state index is -0.404. The normalized spacial score (nSPS) is 13.5. The average molecular weight is 443 g/mol. The van der Waals surface area contributed by atoms with Gasteiger partial charge in [0.1, 0.15) is 5.70 Å². The number of nitrogens with zero attached hydrogens (tertiary/aromatic N) is 1. The Labute approximate surface area is 193 Å². The number of carbonyl (C=O) groups is 2. The zero-order valence-corrected chi connectivity index (χ0v) is 19.1. The van der Waals surface area contributed by atoms with Crippen molar-refractivity contribution in [2.45, 2.75) is 20.3 Å². The molecule has 33 heavy (non-hydrogen) atoms. The molecule has 168 valence electrons. The third kappa shape index (κ3) is 4.07. The molecule has 3 aromatic rings. The lowest BCUT2D eigenvalue weighted by atomic mass is 10.0. The summed E-state index contributed by atoms with van der Waals surface area (Å²) >= 11 is 0. The van der Waals surface area contributed by atoms with Crippen LogP contribution in [0, 0.1) is 6.92 Å². The molecule has 0 unspecified atom stereocenters. The van der Waals surface area contributed by atoms with E-state index < -0.39 is 11.8 Å². The second-order valence-corrected chi connectivity index (χ2v) is 7.73. The predicted octanol–water partition coefficient (Wildman–Crippen LogP) is 4.97. The average Bonchev–Trinajstić information content (AvgIpc) is 3.08. The van der Waals surface area contributed by atoms with E-state index in [9.17, 15) is 9.59 Å². The van der Waals surface area contributed by atoms with Crippen molar-refractivity contribution in [3.05, 3.63) is 89.1 Å². The van der Waals surface area contributed by atoms with Crippen molar-refractivity contribution < 1.29 is 19.1 Å². The maximum atomic E-state index is 13.7. The van der Waals surface area contributed by atoms with Gasteiger partial charge in [0.05, 0.1) is 25.5 Å². The number of anilines is 2. The van der Waals surface area contributed by atoms with E-state index in [1.165, 1.54) is 17.6 Å². The SMILES string of the molecule is CCc1ccc(NC2=C(c3ccc(OC)c(OC)c3)C(=O)N(c3ccccc3C)C2=O)cc1. The Morgan fingerprint density at radius 2 is 1.55 bits per heavy atom. The zero-order chi connectivity index (χ0) is 23.5. The summed E-state index contributed by atoms with van der Waals surface area (Å²) in [6.45, 7) is 3.96. The van der Waals surface area contributed by atoms with E-state index >= 15 is 0 Å². The Hall–Kier alpha value is -4.06. The van der Waals surface area contributed by atoms with Crippen LogP contribution in [0.2, 0.25) is 0 Å². The fraction of sp³-hybridized carbons (Fsp3) is 0.185. The van der Waals surface area contributed by atoms with Crippen LogP contribution >= 0.6 is 0 Å². The van der Waals surface area contributed by atoms with Gasteiger partial charge in [0, 0.05) is 5.69 Å². The summed E-state index contributed by atoms with van der Waals surface area (Å²) in [7, 11) is 3.08. The van der Waals surface area contributed by atoms with Crippen molar-refractivity contribution >= 4 is 28.8 Å². The van der Waals surface area contributed by atoms with Gasteiger partial charge in [-0.15, -0.1) is 0 Å². The molecule has 2 amide bonds. The van der Waals surface area contributed by atoms with Crippen LogP contribution in [0.5, 0.6) is 11.5 Å². The number of para-hydroxylation sites is 1. The molecule has 1 aliphatic heterocycles. The van der Waals surface area contributed by atoms with E-state index in [4.69, 9.17) is 9.47 Å². The number of benzene rings is 3. The van der Waals surface area contributed by atoms with Crippen molar-refractivity contribution in [1.82, 2.24) is 0 Å². The predicted molar refractivity (Wildman–Crippen MR) is 130 cm³/mol. The number of methoxy groups -OCH3 is 2. The Morgan fingerprint density at radius 3 is 2.18 bits per heavy atom. The van der Waals surface area contributed by atoms with Gasteiger partial charge in [-0.05, 0) is 60.4 Å². The van der Waals surface area contributed by atoms with Crippen molar-refractivity contribution in [1.29, 1.82) is 0 Å². The van der Waals surface area contributed by atoms with Gasteiger partial charge in [-0.2, -0.15) is 0 Å². The summed E-state index contributed by atoms with van der Waals surface area (Å²) < 4.78 is 10.8. The van der Waals surface area contributed by atoms with Crippen molar-refractivity contribution in [3.8, 4) is 11.5 Å². The number of amides is 2. The summed E-state index contributed by atoms with van der Waals surface area (Å²) in [5.74, 6) is 0.218. The lowest BCUT2D eigenvalue weighted by Crippen LogP contribution is -2.33. The lowest BCUT2D eigenvalue weighted by molar-refractivity contribution is -0.120. The van der Waals surface area contributed by atoms with Crippen LogP contribution in [-0.2, 0) is 16.0 Å². The van der Waals surface area contributed by atoms with Crippen molar-refractivity contribution in [3.63, 3.8) is 0 Å². The van der Waals surface area contributed by atoms with Crippen molar-refractivity contribution in [2.75, 3.05) is 24.4 Å². The maximum Gasteiger partial charge on any atom is 0.282 e. The molecule has 0 spiro atoms. The highest BCUT2D eigenvalue weighted by atomic mass is 16.5. The number of hydrogen-bond acceptors (Lipinski definition) is 5. The largest absolute Gasteiger partial charge is 0.493 e. The highest BCUT2D eigenvalue weighted by Gasteiger charge is 2.41. The molecule has 0 radical (unpaired) electrons. The van der Waals surface area contributed by atoms with Crippen LogP contribution in [0.4, 0.5) is 11.4 Å². The molecule has 1 aliphatic rings. The molecular weight excluding hydrogens is 416 g/mol. The van der Waals surface area contributed by atoms with Gasteiger partial charge in [0.25, 0.3) is 11.8 Å². The zero-order valence-electron chi connectivity index (χ0n) is 19.1. The topological polar surface area (TPSA) is 67.9 Å². The first-order valence-electron chi connectivity index (χ1n) is 10.8. The molecule has 0 aliphatic carbocycles. The van der Waals surface area contributed by atoms with Crippen molar-refractivity contribution in [2.24, 2.45) is 0 Å². The van der Waals surface area contributed by atoms with E-state index in [1.54, 1.807) is 31.4 Å². The summed E-state index contributed by atoms with van der Waals surface area (Å²) in [5, 5.41) is 3.20. The smallest absolute Gasteiger partial charge is 0.282 e. The number of aryl methyl sites for hydroxylation is 2. The van der Waals surface area contributed by atoms with Gasteiger partial charge >= 0.3 is 0 Å². The Balaban J connectivity index is 1.84. The molecule has 0 bridgehead atoms. The number of hydrogen-bond donors (Lipinski definition) is 1. The molecule has 4 rings (SSSR count). The second-order valence-electron chi connectivity index (χ2n) is 7.73. The Kier molecular flexibility index (Phi) is 6.18. The second kappa shape index (κ2) is 9.20. The first kappa shape index (κ1) is 22.1. The minimum absolute atomic E-state index is 0.222. The number of ether oxygens (including phenoxy) is 2. The van der Waals surface area contributed by atoms with Crippen LogP contribution in [-0.4, -0.2) is 26.0 Å². The van der Waals surface area contributed by atoms with Gasteiger partial charge in [-0.3, -0.25) is 9.59 Å². The van der Waals surface area contributed by atoms with Gasteiger partial charge in [-0.1, -0.05) is 43.3 Å². The molecule has 0 fully saturated rings. The maximum absolute atomic E-state index is 13.7. The quantitative estimate of drug-likeness (QED) is 0.523. The van der Waals surface area contributed by atoms with Crippen LogP contribution < -0.4 is 19.7 Å². The molecule has 6 nitrogen and oxygen atoms in total. The summed E-state index contributed by atoms with van der Waals surface area (Å²) in [5.41, 5.74) is 4.37. The molecule has 1 heterocycles. The third-order valence-corrected chi connectivity index (χ3v) is 5.74. The fourth-order valence-corrected chi connectivity index (χ4v) is 3.91. The van der Waals surface area contributed by atoms with E-state index in [0.29, 0.717) is 22.7 Å². The molecular formula is C27H26N2O4. The summed E-state index contributed by atoms with van der Waals surface area (Å²) in [4.78, 5) is 28.5. The Bertz CT molecular complexity index is 1250. The standard InChI is InChI=1S/C27H26N2O4/c1-5-18-10-13-20(14-11-18)28-25-24(19-12-15-22(32-3)23(16-19)33-4)26(30)29(27(25)31)21-9-7-6-8-17(21)2/h6-16,28H,5H2,1-4H3. The van der Waals surface area contributed by atoms with Gasteiger partial charge in [0.15, 0.2) is 11.5 Å². The van der Waals surface area contributed by atoms with Crippen LogP contribution in [0.1, 0.15) is 23.6 Å². The Morgan fingerprint density at radius 1 is 0.848 bits per heavy atom. The molecule has 6 heteroatoms. The number of rotatable bonds is 7. The van der Waals surface area contributed by atoms with E-state index in [1.807, 2.05) is 49.4 Å². The molecule has 0 saturated carbocycles. The van der Waals surface area contributed by atoms with Crippen LogP contribution in [0.15, 0.2) is 72.4 Å². The summed E-state index contributed by atoms with van der Waals surface area (Å²) in [6.07, 6.45) is 0.915. The van der Waals surface area contributed by atoms with Gasteiger partial charge < -0.3 is 14.8 Å². The van der Waals surface area contributed by atoms with Crippen LogP contribution in [0.25, 0.3) is 5.57 Å². The molecule has 0 atom stereocenters. The number of imide groups is 1.